The molecule has 4 nitrogen and oxygen atoms in total. The van der Waals surface area contributed by atoms with E-state index in [2.05, 4.69) is 4.98 Å². The summed E-state index contributed by atoms with van der Waals surface area (Å²) in [6.45, 7) is 4.76. The second-order valence-electron chi connectivity index (χ2n) is 4.12. The highest BCUT2D eigenvalue weighted by molar-refractivity contribution is 6.09. The van der Waals surface area contributed by atoms with Gasteiger partial charge in [0, 0.05) is 12.7 Å². The average Bonchev–Trinajstić information content (AvgIpc) is 2.86. The smallest absolute Gasteiger partial charge is 0.216 e. The van der Waals surface area contributed by atoms with Gasteiger partial charge in [-0.3, -0.25) is 4.79 Å². The summed E-state index contributed by atoms with van der Waals surface area (Å²) in [6, 6.07) is 5.53. The van der Waals surface area contributed by atoms with E-state index in [0.29, 0.717) is 17.0 Å². The molecule has 0 amide bonds. The number of carbonyl (C=O) groups is 1. The van der Waals surface area contributed by atoms with Gasteiger partial charge >= 0.3 is 0 Å². The second-order valence-corrected chi connectivity index (χ2v) is 4.12. The fourth-order valence-electron chi connectivity index (χ4n) is 1.77. The molecule has 0 radical (unpaired) electrons. The number of ketones is 1. The number of ether oxygens (including phenoxy) is 1. The summed E-state index contributed by atoms with van der Waals surface area (Å²) in [6.07, 6.45) is 3.41. The minimum atomic E-state index is -0.112. The van der Waals surface area contributed by atoms with E-state index in [1.165, 1.54) is 0 Å². The first-order valence-electron chi connectivity index (χ1n) is 5.86. The van der Waals surface area contributed by atoms with E-state index in [1.54, 1.807) is 25.7 Å². The number of imidazole rings is 1. The highest BCUT2D eigenvalue weighted by Gasteiger charge is 2.16. The van der Waals surface area contributed by atoms with Crippen LogP contribution in [-0.4, -0.2) is 22.4 Å². The number of rotatable bonds is 4. The summed E-state index contributed by atoms with van der Waals surface area (Å²) in [7, 11) is 1.57. The number of carbonyl (C=O) groups excluding carboxylic acids is 1. The molecule has 0 aliphatic carbocycles. The fourth-order valence-corrected chi connectivity index (χ4v) is 1.77. The summed E-state index contributed by atoms with van der Waals surface area (Å²) in [5.74, 6) is 0.477. The van der Waals surface area contributed by atoms with Gasteiger partial charge in [-0.15, -0.1) is 0 Å². The van der Waals surface area contributed by atoms with Crippen molar-refractivity contribution in [3.63, 3.8) is 0 Å². The Morgan fingerprint density at radius 3 is 2.83 bits per heavy atom. The van der Waals surface area contributed by atoms with Crippen LogP contribution in [0.1, 0.15) is 28.5 Å². The van der Waals surface area contributed by atoms with E-state index in [4.69, 9.17) is 4.74 Å². The molecule has 0 aliphatic rings. The first kappa shape index (κ1) is 12.4. The number of hydrogen-bond donors (Lipinski definition) is 0. The van der Waals surface area contributed by atoms with Crippen LogP contribution >= 0.6 is 0 Å². The van der Waals surface area contributed by atoms with E-state index in [0.717, 1.165) is 12.1 Å². The van der Waals surface area contributed by atoms with Gasteiger partial charge in [-0.05, 0) is 31.5 Å². The van der Waals surface area contributed by atoms with Crippen LogP contribution in [0.2, 0.25) is 0 Å². The molecule has 1 heterocycles. The third-order valence-electron chi connectivity index (χ3n) is 2.83. The molecule has 2 aromatic rings. The highest BCUT2D eigenvalue weighted by atomic mass is 16.5. The molecule has 0 bridgehead atoms. The van der Waals surface area contributed by atoms with Crippen molar-refractivity contribution in [2.24, 2.45) is 0 Å². The summed E-state index contributed by atoms with van der Waals surface area (Å²) in [5.41, 5.74) is 2.05. The third-order valence-corrected chi connectivity index (χ3v) is 2.83. The largest absolute Gasteiger partial charge is 0.496 e. The van der Waals surface area contributed by atoms with Gasteiger partial charge in [-0.1, -0.05) is 6.07 Å². The number of hydrogen-bond acceptors (Lipinski definition) is 3. The normalized spacial score (nSPS) is 10.4. The first-order valence-corrected chi connectivity index (χ1v) is 5.86. The Kier molecular flexibility index (Phi) is 3.46. The van der Waals surface area contributed by atoms with Gasteiger partial charge in [0.25, 0.3) is 0 Å². The zero-order valence-corrected chi connectivity index (χ0v) is 10.8. The molecule has 0 spiro atoms. The first-order chi connectivity index (χ1) is 8.65. The number of nitrogens with zero attached hydrogens (tertiary/aromatic N) is 2. The SMILES string of the molecule is CCn1cnc(C(=O)c2ccc(C)cc2OC)c1. The van der Waals surface area contributed by atoms with Gasteiger partial charge in [0.15, 0.2) is 0 Å². The molecule has 0 aliphatic heterocycles. The lowest BCUT2D eigenvalue weighted by atomic mass is 10.1. The summed E-state index contributed by atoms with van der Waals surface area (Å²) < 4.78 is 7.12. The Morgan fingerprint density at radius 2 is 2.22 bits per heavy atom. The highest BCUT2D eigenvalue weighted by Crippen LogP contribution is 2.22. The Morgan fingerprint density at radius 1 is 1.44 bits per heavy atom. The van der Waals surface area contributed by atoms with Crippen LogP contribution in [0.15, 0.2) is 30.7 Å². The van der Waals surface area contributed by atoms with Gasteiger partial charge in [0.05, 0.1) is 19.0 Å². The second kappa shape index (κ2) is 5.04. The molecule has 94 valence electrons. The quantitative estimate of drug-likeness (QED) is 0.776. The van der Waals surface area contributed by atoms with E-state index < -0.39 is 0 Å². The maximum Gasteiger partial charge on any atom is 0.216 e. The lowest BCUT2D eigenvalue weighted by Crippen LogP contribution is -2.04. The van der Waals surface area contributed by atoms with Crippen LogP contribution in [0.25, 0.3) is 0 Å². The maximum atomic E-state index is 12.3. The van der Waals surface area contributed by atoms with Gasteiger partial charge in [-0.25, -0.2) is 4.98 Å². The van der Waals surface area contributed by atoms with Crippen molar-refractivity contribution < 1.29 is 9.53 Å². The molecule has 0 saturated carbocycles. The lowest BCUT2D eigenvalue weighted by Gasteiger charge is -2.07. The topological polar surface area (TPSA) is 44.1 Å². The molecule has 1 aromatic heterocycles. The summed E-state index contributed by atoms with van der Waals surface area (Å²) in [5, 5.41) is 0. The predicted molar refractivity (Wildman–Crippen MR) is 69.1 cm³/mol. The standard InChI is InChI=1S/C14H16N2O2/c1-4-16-8-12(15-9-16)14(17)11-6-5-10(2)7-13(11)18-3/h5-9H,4H2,1-3H3. The fraction of sp³-hybridized carbons (Fsp3) is 0.286. The minimum Gasteiger partial charge on any atom is -0.496 e. The van der Waals surface area contributed by atoms with Crippen LogP contribution in [0.5, 0.6) is 5.75 Å². The summed E-state index contributed by atoms with van der Waals surface area (Å²) >= 11 is 0. The molecule has 0 unspecified atom stereocenters. The number of methoxy groups -OCH3 is 1. The predicted octanol–water partition coefficient (Wildman–Crippen LogP) is 2.45. The molecule has 0 saturated heterocycles. The molecule has 1 aromatic carbocycles. The van der Waals surface area contributed by atoms with Crippen LogP contribution in [0.3, 0.4) is 0 Å². The Labute approximate surface area is 106 Å². The van der Waals surface area contributed by atoms with Gasteiger partial charge < -0.3 is 9.30 Å². The molecule has 0 atom stereocenters. The van der Waals surface area contributed by atoms with Crippen molar-refractivity contribution in [2.45, 2.75) is 20.4 Å². The molecule has 4 heteroatoms. The minimum absolute atomic E-state index is 0.112. The van der Waals surface area contributed by atoms with Crippen molar-refractivity contribution in [3.05, 3.63) is 47.5 Å². The van der Waals surface area contributed by atoms with E-state index in [1.807, 2.05) is 30.5 Å². The molecule has 0 fully saturated rings. The number of aryl methyl sites for hydroxylation is 2. The van der Waals surface area contributed by atoms with E-state index >= 15 is 0 Å². The van der Waals surface area contributed by atoms with Crippen molar-refractivity contribution in [2.75, 3.05) is 7.11 Å². The van der Waals surface area contributed by atoms with E-state index in [-0.39, 0.29) is 5.78 Å². The van der Waals surface area contributed by atoms with Crippen molar-refractivity contribution in [1.29, 1.82) is 0 Å². The molecule has 2 rings (SSSR count). The van der Waals surface area contributed by atoms with Gasteiger partial charge in [-0.2, -0.15) is 0 Å². The zero-order chi connectivity index (χ0) is 13.1. The third kappa shape index (κ3) is 2.27. The molecule has 18 heavy (non-hydrogen) atoms. The Hall–Kier alpha value is -2.10. The van der Waals surface area contributed by atoms with Crippen molar-refractivity contribution in [1.82, 2.24) is 9.55 Å². The monoisotopic (exact) mass is 244 g/mol. The van der Waals surface area contributed by atoms with Gasteiger partial charge in [0.2, 0.25) is 5.78 Å². The molecular formula is C14H16N2O2. The molecule has 0 N–H and O–H groups in total. The van der Waals surface area contributed by atoms with Crippen LogP contribution in [-0.2, 0) is 6.54 Å². The van der Waals surface area contributed by atoms with Gasteiger partial charge in [0.1, 0.15) is 11.4 Å². The Bertz CT molecular complexity index is 573. The van der Waals surface area contributed by atoms with Crippen LogP contribution in [0, 0.1) is 6.92 Å². The van der Waals surface area contributed by atoms with Crippen LogP contribution < -0.4 is 4.74 Å². The zero-order valence-electron chi connectivity index (χ0n) is 10.8. The number of aromatic nitrogens is 2. The van der Waals surface area contributed by atoms with E-state index in [9.17, 15) is 4.79 Å². The van der Waals surface area contributed by atoms with Crippen molar-refractivity contribution >= 4 is 5.78 Å². The average molecular weight is 244 g/mol. The summed E-state index contributed by atoms with van der Waals surface area (Å²) in [4.78, 5) is 16.4. The lowest BCUT2D eigenvalue weighted by molar-refractivity contribution is 0.103. The molecular weight excluding hydrogens is 228 g/mol. The number of benzene rings is 1. The Balaban J connectivity index is 2.39. The van der Waals surface area contributed by atoms with Crippen molar-refractivity contribution in [3.8, 4) is 5.75 Å². The van der Waals surface area contributed by atoms with Crippen LogP contribution in [0.4, 0.5) is 0 Å². The maximum absolute atomic E-state index is 12.3.